The third-order valence-electron chi connectivity index (χ3n) is 3.25. The first-order valence-electron chi connectivity index (χ1n) is 6.28. The number of rotatable bonds is 6. The van der Waals surface area contributed by atoms with Crippen LogP contribution >= 0.6 is 0 Å². The van der Waals surface area contributed by atoms with Crippen LogP contribution < -0.4 is 5.32 Å². The van der Waals surface area contributed by atoms with E-state index in [0.29, 0.717) is 6.54 Å². The van der Waals surface area contributed by atoms with Crippen LogP contribution in [0.25, 0.3) is 0 Å². The molecule has 0 aliphatic heterocycles. The van der Waals surface area contributed by atoms with Gasteiger partial charge in [-0.2, -0.15) is 0 Å². The second-order valence-electron chi connectivity index (χ2n) is 4.60. The Bertz CT molecular complexity index is 299. The van der Waals surface area contributed by atoms with Crippen LogP contribution in [0.5, 0.6) is 0 Å². The summed E-state index contributed by atoms with van der Waals surface area (Å²) < 4.78 is 0. The van der Waals surface area contributed by atoms with Gasteiger partial charge in [0.05, 0.1) is 0 Å². The van der Waals surface area contributed by atoms with Crippen LogP contribution in [-0.4, -0.2) is 23.5 Å². The normalized spacial score (nSPS) is 20.9. The SMILES string of the molecule is CCC(CNC(=O)C1CC=CCC1)CC(=O)O. The van der Waals surface area contributed by atoms with Gasteiger partial charge in [0, 0.05) is 18.9 Å². The molecule has 4 nitrogen and oxygen atoms in total. The molecule has 0 heterocycles. The summed E-state index contributed by atoms with van der Waals surface area (Å²) >= 11 is 0. The third-order valence-corrected chi connectivity index (χ3v) is 3.25. The van der Waals surface area contributed by atoms with Crippen LogP contribution in [0, 0.1) is 11.8 Å². The molecule has 0 radical (unpaired) electrons. The van der Waals surface area contributed by atoms with Crippen molar-refractivity contribution in [1.82, 2.24) is 5.32 Å². The number of hydrogen-bond donors (Lipinski definition) is 2. The Morgan fingerprint density at radius 2 is 2.24 bits per heavy atom. The quantitative estimate of drug-likeness (QED) is 0.696. The highest BCUT2D eigenvalue weighted by Crippen LogP contribution is 2.18. The lowest BCUT2D eigenvalue weighted by molar-refractivity contribution is -0.138. The van der Waals surface area contributed by atoms with Crippen molar-refractivity contribution < 1.29 is 14.7 Å². The summed E-state index contributed by atoms with van der Waals surface area (Å²) in [5.41, 5.74) is 0. The van der Waals surface area contributed by atoms with Crippen molar-refractivity contribution in [2.24, 2.45) is 11.8 Å². The summed E-state index contributed by atoms with van der Waals surface area (Å²) in [5.74, 6) is -0.622. The second kappa shape index (κ2) is 7.09. The van der Waals surface area contributed by atoms with Gasteiger partial charge in [0.15, 0.2) is 0 Å². The van der Waals surface area contributed by atoms with Gasteiger partial charge in [-0.25, -0.2) is 0 Å². The van der Waals surface area contributed by atoms with Crippen molar-refractivity contribution in [1.29, 1.82) is 0 Å². The molecule has 0 spiro atoms. The zero-order chi connectivity index (χ0) is 12.7. The lowest BCUT2D eigenvalue weighted by Crippen LogP contribution is -2.35. The molecule has 0 saturated carbocycles. The minimum Gasteiger partial charge on any atom is -0.481 e. The van der Waals surface area contributed by atoms with E-state index in [9.17, 15) is 9.59 Å². The molecule has 1 rings (SSSR count). The molecule has 1 aliphatic rings. The summed E-state index contributed by atoms with van der Waals surface area (Å²) in [4.78, 5) is 22.4. The summed E-state index contributed by atoms with van der Waals surface area (Å²) in [6.07, 6.45) is 7.72. The first-order valence-corrected chi connectivity index (χ1v) is 6.28. The summed E-state index contributed by atoms with van der Waals surface area (Å²) in [6, 6.07) is 0. The first kappa shape index (κ1) is 13.7. The Labute approximate surface area is 102 Å². The molecule has 0 fully saturated rings. The Morgan fingerprint density at radius 3 is 2.76 bits per heavy atom. The van der Waals surface area contributed by atoms with Crippen molar-refractivity contribution in [2.45, 2.75) is 39.0 Å². The van der Waals surface area contributed by atoms with E-state index in [4.69, 9.17) is 5.11 Å². The maximum absolute atomic E-state index is 11.8. The number of aliphatic carboxylic acids is 1. The molecule has 96 valence electrons. The Hall–Kier alpha value is -1.32. The average molecular weight is 239 g/mol. The van der Waals surface area contributed by atoms with E-state index in [2.05, 4.69) is 11.4 Å². The van der Waals surface area contributed by atoms with E-state index in [0.717, 1.165) is 25.7 Å². The van der Waals surface area contributed by atoms with Gasteiger partial charge < -0.3 is 10.4 Å². The van der Waals surface area contributed by atoms with Gasteiger partial charge in [-0.3, -0.25) is 9.59 Å². The van der Waals surface area contributed by atoms with Crippen LogP contribution in [0.2, 0.25) is 0 Å². The lowest BCUT2D eigenvalue weighted by Gasteiger charge is -2.19. The second-order valence-corrected chi connectivity index (χ2v) is 4.60. The number of nitrogens with one attached hydrogen (secondary N) is 1. The largest absolute Gasteiger partial charge is 0.481 e. The van der Waals surface area contributed by atoms with E-state index in [1.54, 1.807) is 0 Å². The van der Waals surface area contributed by atoms with Crippen molar-refractivity contribution in [2.75, 3.05) is 6.54 Å². The predicted molar refractivity (Wildman–Crippen MR) is 65.5 cm³/mol. The van der Waals surface area contributed by atoms with Crippen molar-refractivity contribution >= 4 is 11.9 Å². The van der Waals surface area contributed by atoms with E-state index < -0.39 is 5.97 Å². The fourth-order valence-electron chi connectivity index (χ4n) is 2.03. The van der Waals surface area contributed by atoms with Gasteiger partial charge in [-0.15, -0.1) is 0 Å². The van der Waals surface area contributed by atoms with Gasteiger partial charge in [-0.1, -0.05) is 25.5 Å². The van der Waals surface area contributed by atoms with Gasteiger partial charge >= 0.3 is 5.97 Å². The number of carbonyl (C=O) groups is 2. The standard InChI is InChI=1S/C13H21NO3/c1-2-10(8-12(15)16)9-14-13(17)11-6-4-3-5-7-11/h3-4,10-11H,2,5-9H2,1H3,(H,14,17)(H,15,16). The van der Waals surface area contributed by atoms with Crippen LogP contribution in [0.3, 0.4) is 0 Å². The topological polar surface area (TPSA) is 66.4 Å². The molecule has 4 heteroatoms. The minimum atomic E-state index is -0.799. The molecule has 17 heavy (non-hydrogen) atoms. The number of carboxylic acids is 1. The molecule has 0 aromatic heterocycles. The van der Waals surface area contributed by atoms with E-state index >= 15 is 0 Å². The van der Waals surface area contributed by atoms with Gasteiger partial charge in [0.25, 0.3) is 0 Å². The molecule has 0 aromatic carbocycles. The van der Waals surface area contributed by atoms with Crippen LogP contribution in [0.1, 0.15) is 39.0 Å². The van der Waals surface area contributed by atoms with Gasteiger partial charge in [-0.05, 0) is 25.2 Å². The maximum atomic E-state index is 11.8. The van der Waals surface area contributed by atoms with Crippen LogP contribution in [-0.2, 0) is 9.59 Å². The molecule has 2 N–H and O–H groups in total. The number of amides is 1. The fraction of sp³-hybridized carbons (Fsp3) is 0.692. The lowest BCUT2D eigenvalue weighted by atomic mass is 9.93. The minimum absolute atomic E-state index is 0.0376. The number of carboxylic acid groups (broad SMARTS) is 1. The smallest absolute Gasteiger partial charge is 0.303 e. The Balaban J connectivity index is 2.30. The molecule has 0 saturated heterocycles. The number of allylic oxidation sites excluding steroid dienone is 2. The summed E-state index contributed by atoms with van der Waals surface area (Å²) in [6.45, 7) is 2.42. The molecule has 0 bridgehead atoms. The summed E-state index contributed by atoms with van der Waals surface area (Å²) in [7, 11) is 0. The van der Waals surface area contributed by atoms with Crippen molar-refractivity contribution in [3.8, 4) is 0 Å². The molecule has 1 aliphatic carbocycles. The van der Waals surface area contributed by atoms with Crippen LogP contribution in [0.15, 0.2) is 12.2 Å². The van der Waals surface area contributed by atoms with Gasteiger partial charge in [0.2, 0.25) is 5.91 Å². The van der Waals surface area contributed by atoms with E-state index in [1.165, 1.54) is 0 Å². The zero-order valence-electron chi connectivity index (χ0n) is 10.3. The average Bonchev–Trinajstić information content (AvgIpc) is 2.34. The highest BCUT2D eigenvalue weighted by molar-refractivity contribution is 5.79. The highest BCUT2D eigenvalue weighted by atomic mass is 16.4. The molecular formula is C13H21NO3. The number of hydrogen-bond acceptors (Lipinski definition) is 2. The molecule has 1 amide bonds. The molecule has 0 aromatic rings. The van der Waals surface area contributed by atoms with E-state index in [1.807, 2.05) is 13.0 Å². The first-order chi connectivity index (χ1) is 8.13. The highest BCUT2D eigenvalue weighted by Gasteiger charge is 2.19. The number of carbonyl (C=O) groups excluding carboxylic acids is 1. The zero-order valence-corrected chi connectivity index (χ0v) is 10.3. The fourth-order valence-corrected chi connectivity index (χ4v) is 2.03. The van der Waals surface area contributed by atoms with E-state index in [-0.39, 0.29) is 24.2 Å². The Kier molecular flexibility index (Phi) is 5.73. The van der Waals surface area contributed by atoms with Crippen LogP contribution in [0.4, 0.5) is 0 Å². The monoisotopic (exact) mass is 239 g/mol. The summed E-state index contributed by atoms with van der Waals surface area (Å²) in [5, 5.41) is 11.6. The molecule has 2 unspecified atom stereocenters. The maximum Gasteiger partial charge on any atom is 0.303 e. The third kappa shape index (κ3) is 5.02. The van der Waals surface area contributed by atoms with Gasteiger partial charge in [0.1, 0.15) is 0 Å². The Morgan fingerprint density at radius 1 is 1.47 bits per heavy atom. The van der Waals surface area contributed by atoms with Crippen molar-refractivity contribution in [3.05, 3.63) is 12.2 Å². The van der Waals surface area contributed by atoms with Crippen molar-refractivity contribution in [3.63, 3.8) is 0 Å². The molecule has 2 atom stereocenters. The predicted octanol–water partition coefficient (Wildman–Crippen LogP) is 1.96. The molecular weight excluding hydrogens is 218 g/mol.